The number of esters is 1. The number of halogens is 1. The largest absolute Gasteiger partial charge is 0.493 e. The maximum atomic E-state index is 12.3. The van der Waals surface area contributed by atoms with Crippen molar-refractivity contribution in [1.82, 2.24) is 5.16 Å². The molecule has 1 amide bonds. The van der Waals surface area contributed by atoms with Crippen LogP contribution in [0.1, 0.15) is 21.0 Å². The zero-order chi connectivity index (χ0) is 21.7. The van der Waals surface area contributed by atoms with E-state index in [1.54, 1.807) is 24.4 Å². The van der Waals surface area contributed by atoms with E-state index in [0.29, 0.717) is 16.2 Å². The molecule has 0 aliphatic rings. The first kappa shape index (κ1) is 21.1. The molecule has 0 radical (unpaired) electrons. The minimum absolute atomic E-state index is 0.0377. The zero-order valence-corrected chi connectivity index (χ0v) is 17.3. The van der Waals surface area contributed by atoms with E-state index in [4.69, 9.17) is 25.6 Å². The van der Waals surface area contributed by atoms with Crippen molar-refractivity contribution in [3.8, 4) is 17.6 Å². The predicted octanol–water partition coefficient (Wildman–Crippen LogP) is 4.47. The Kier molecular flexibility index (Phi) is 6.51. The van der Waals surface area contributed by atoms with Crippen molar-refractivity contribution >= 4 is 46.7 Å². The third-order valence-electron chi connectivity index (χ3n) is 3.71. The SMILES string of the molecule is COc1cc(/C=C(/C#N)C(=O)Nc2cc(C)on2)cc(Cl)c1OC(=O)c1cccs1. The van der Waals surface area contributed by atoms with Crippen LogP contribution in [0.4, 0.5) is 5.82 Å². The predicted molar refractivity (Wildman–Crippen MR) is 111 cm³/mol. The molecule has 10 heteroatoms. The Labute approximate surface area is 180 Å². The van der Waals surface area contributed by atoms with Crippen molar-refractivity contribution in [2.24, 2.45) is 0 Å². The third kappa shape index (κ3) is 4.86. The number of anilines is 1. The van der Waals surface area contributed by atoms with E-state index in [0.717, 1.165) is 0 Å². The number of benzene rings is 1. The van der Waals surface area contributed by atoms with Gasteiger partial charge in [0.2, 0.25) is 0 Å². The van der Waals surface area contributed by atoms with Gasteiger partial charge in [0.25, 0.3) is 5.91 Å². The fourth-order valence-electron chi connectivity index (χ4n) is 2.38. The molecule has 0 saturated heterocycles. The van der Waals surface area contributed by atoms with Crippen LogP contribution in [0.2, 0.25) is 5.02 Å². The number of aryl methyl sites for hydroxylation is 1. The molecule has 0 bridgehead atoms. The summed E-state index contributed by atoms with van der Waals surface area (Å²) in [5, 5.41) is 17.3. The minimum atomic E-state index is -0.672. The maximum Gasteiger partial charge on any atom is 0.353 e. The van der Waals surface area contributed by atoms with Gasteiger partial charge in [0.15, 0.2) is 17.3 Å². The highest BCUT2D eigenvalue weighted by molar-refractivity contribution is 7.12. The summed E-state index contributed by atoms with van der Waals surface area (Å²) in [5.41, 5.74) is 0.202. The number of nitrogens with zero attached hydrogens (tertiary/aromatic N) is 2. The molecule has 3 aromatic rings. The summed E-state index contributed by atoms with van der Waals surface area (Å²) < 4.78 is 15.5. The van der Waals surface area contributed by atoms with Gasteiger partial charge in [0.1, 0.15) is 22.3 Å². The van der Waals surface area contributed by atoms with E-state index >= 15 is 0 Å². The number of carbonyl (C=O) groups excluding carboxylic acids is 2. The molecular weight excluding hydrogens is 430 g/mol. The van der Waals surface area contributed by atoms with Crippen LogP contribution in [0.5, 0.6) is 11.5 Å². The molecule has 0 aliphatic carbocycles. The van der Waals surface area contributed by atoms with Crippen LogP contribution in [0, 0.1) is 18.3 Å². The Balaban J connectivity index is 1.86. The monoisotopic (exact) mass is 443 g/mol. The molecule has 152 valence electrons. The number of thiophene rings is 1. The number of hydrogen-bond donors (Lipinski definition) is 1. The van der Waals surface area contributed by atoms with Crippen molar-refractivity contribution in [1.29, 1.82) is 5.26 Å². The Morgan fingerprint density at radius 1 is 1.37 bits per heavy atom. The standard InChI is InChI=1S/C20H14ClN3O5S/c1-11-6-17(24-29-11)23-19(25)13(10-22)7-12-8-14(21)18(15(9-12)27-2)28-20(26)16-4-3-5-30-16/h3-9H,1-2H3,(H,23,24,25)/b13-7-. The number of ether oxygens (including phenoxy) is 2. The second-order valence-corrected chi connectivity index (χ2v) is 7.20. The van der Waals surface area contributed by atoms with Gasteiger partial charge in [-0.25, -0.2) is 4.79 Å². The van der Waals surface area contributed by atoms with E-state index in [2.05, 4.69) is 10.5 Å². The van der Waals surface area contributed by atoms with E-state index in [9.17, 15) is 14.9 Å². The first-order valence-electron chi connectivity index (χ1n) is 8.41. The number of nitrogens with one attached hydrogen (secondary N) is 1. The second-order valence-electron chi connectivity index (χ2n) is 5.85. The fraction of sp³-hybridized carbons (Fsp3) is 0.100. The molecule has 0 saturated carbocycles. The Morgan fingerprint density at radius 3 is 2.77 bits per heavy atom. The molecule has 0 aliphatic heterocycles. The molecule has 8 nitrogen and oxygen atoms in total. The molecule has 3 rings (SSSR count). The van der Waals surface area contributed by atoms with Gasteiger partial charge in [0.05, 0.1) is 12.1 Å². The molecule has 2 heterocycles. The minimum Gasteiger partial charge on any atom is -0.493 e. The Bertz CT molecular complexity index is 1160. The molecule has 0 fully saturated rings. The van der Waals surface area contributed by atoms with Crippen LogP contribution in [0.25, 0.3) is 6.08 Å². The van der Waals surface area contributed by atoms with E-state index in [1.807, 2.05) is 6.07 Å². The van der Waals surface area contributed by atoms with Gasteiger partial charge in [-0.1, -0.05) is 22.8 Å². The fourth-order valence-corrected chi connectivity index (χ4v) is 3.24. The average molecular weight is 444 g/mol. The zero-order valence-electron chi connectivity index (χ0n) is 15.8. The van der Waals surface area contributed by atoms with Crippen LogP contribution in [-0.2, 0) is 4.79 Å². The number of rotatable bonds is 6. The topological polar surface area (TPSA) is 114 Å². The van der Waals surface area contributed by atoms with Crippen LogP contribution in [0.3, 0.4) is 0 Å². The average Bonchev–Trinajstić information content (AvgIpc) is 3.39. The molecule has 0 unspecified atom stereocenters. The summed E-state index contributed by atoms with van der Waals surface area (Å²) in [6, 6.07) is 9.63. The van der Waals surface area contributed by atoms with Gasteiger partial charge in [-0.2, -0.15) is 5.26 Å². The van der Waals surface area contributed by atoms with Crippen LogP contribution < -0.4 is 14.8 Å². The first-order valence-corrected chi connectivity index (χ1v) is 9.66. The third-order valence-corrected chi connectivity index (χ3v) is 4.85. The van der Waals surface area contributed by atoms with Gasteiger partial charge < -0.3 is 19.3 Å². The lowest BCUT2D eigenvalue weighted by Gasteiger charge is -2.11. The van der Waals surface area contributed by atoms with Gasteiger partial charge in [0, 0.05) is 6.07 Å². The van der Waals surface area contributed by atoms with Crippen LogP contribution >= 0.6 is 22.9 Å². The van der Waals surface area contributed by atoms with Crippen molar-refractivity contribution in [3.05, 3.63) is 62.5 Å². The molecule has 1 aromatic carbocycles. The van der Waals surface area contributed by atoms with Crippen molar-refractivity contribution in [3.63, 3.8) is 0 Å². The molecule has 1 N–H and O–H groups in total. The number of aromatic nitrogens is 1. The lowest BCUT2D eigenvalue weighted by molar-refractivity contribution is -0.112. The first-order chi connectivity index (χ1) is 14.4. The summed E-state index contributed by atoms with van der Waals surface area (Å²) in [4.78, 5) is 25.0. The molecular formula is C20H14ClN3O5S. The normalized spacial score (nSPS) is 10.9. The lowest BCUT2D eigenvalue weighted by Crippen LogP contribution is -2.13. The van der Waals surface area contributed by atoms with Gasteiger partial charge in [-0.15, -0.1) is 11.3 Å². The number of methoxy groups -OCH3 is 1. The Morgan fingerprint density at radius 2 is 2.17 bits per heavy atom. The van der Waals surface area contributed by atoms with Gasteiger partial charge in [-0.05, 0) is 42.1 Å². The number of hydrogen-bond acceptors (Lipinski definition) is 8. The van der Waals surface area contributed by atoms with Crippen molar-refractivity contribution in [2.45, 2.75) is 6.92 Å². The Hall–Kier alpha value is -3.61. The molecule has 2 aromatic heterocycles. The smallest absolute Gasteiger partial charge is 0.353 e. The van der Waals surface area contributed by atoms with Gasteiger partial charge in [-0.3, -0.25) is 4.79 Å². The quantitative estimate of drug-likeness (QED) is 0.258. The number of carbonyl (C=O) groups is 2. The summed E-state index contributed by atoms with van der Waals surface area (Å²) in [5.74, 6) is -0.344. The lowest BCUT2D eigenvalue weighted by atomic mass is 10.1. The second kappa shape index (κ2) is 9.26. The summed E-state index contributed by atoms with van der Waals surface area (Å²) in [6.07, 6.45) is 1.32. The summed E-state index contributed by atoms with van der Waals surface area (Å²) >= 11 is 7.50. The number of nitriles is 1. The van der Waals surface area contributed by atoms with Crippen LogP contribution in [0.15, 0.2) is 45.8 Å². The van der Waals surface area contributed by atoms with Crippen molar-refractivity contribution < 1.29 is 23.6 Å². The summed E-state index contributed by atoms with van der Waals surface area (Å²) in [6.45, 7) is 1.67. The van der Waals surface area contributed by atoms with E-state index < -0.39 is 11.9 Å². The van der Waals surface area contributed by atoms with E-state index in [1.165, 1.54) is 42.7 Å². The summed E-state index contributed by atoms with van der Waals surface area (Å²) in [7, 11) is 1.38. The highest BCUT2D eigenvalue weighted by Gasteiger charge is 2.18. The van der Waals surface area contributed by atoms with Crippen molar-refractivity contribution in [2.75, 3.05) is 12.4 Å². The maximum absolute atomic E-state index is 12.3. The highest BCUT2D eigenvalue weighted by Crippen LogP contribution is 2.37. The number of amides is 1. The highest BCUT2D eigenvalue weighted by atomic mass is 35.5. The van der Waals surface area contributed by atoms with Crippen LogP contribution in [-0.4, -0.2) is 24.1 Å². The molecule has 0 atom stereocenters. The molecule has 30 heavy (non-hydrogen) atoms. The molecule has 0 spiro atoms. The van der Waals surface area contributed by atoms with E-state index in [-0.39, 0.29) is 27.9 Å². The van der Waals surface area contributed by atoms with Gasteiger partial charge >= 0.3 is 5.97 Å².